The SMILES string of the molecule is CC[C@H](C)N1C(=O)/C(=C/c2c(NC[C@@H](O)c3ccccc3)nc3c(C)cccn3c2=O)SC1=S. The lowest BCUT2D eigenvalue weighted by Gasteiger charge is -2.21. The highest BCUT2D eigenvalue weighted by atomic mass is 32.2. The Hall–Kier alpha value is -3.01. The van der Waals surface area contributed by atoms with Crippen molar-refractivity contribution < 1.29 is 9.90 Å². The number of amides is 1. The lowest BCUT2D eigenvalue weighted by atomic mass is 10.1. The van der Waals surface area contributed by atoms with Crippen LogP contribution in [0.5, 0.6) is 0 Å². The number of anilines is 1. The first-order chi connectivity index (χ1) is 16.3. The molecule has 1 fully saturated rings. The second-order valence-electron chi connectivity index (χ2n) is 8.18. The molecule has 2 N–H and O–H groups in total. The van der Waals surface area contributed by atoms with Gasteiger partial charge in [-0.3, -0.25) is 18.9 Å². The molecule has 0 unspecified atom stereocenters. The molecule has 3 heterocycles. The van der Waals surface area contributed by atoms with Crippen LogP contribution in [0, 0.1) is 6.92 Å². The van der Waals surface area contributed by atoms with E-state index in [1.807, 2.05) is 57.2 Å². The second kappa shape index (κ2) is 10.1. The van der Waals surface area contributed by atoms with Gasteiger partial charge in [0.1, 0.15) is 15.8 Å². The lowest BCUT2D eigenvalue weighted by molar-refractivity contribution is -0.123. The first kappa shape index (κ1) is 24.1. The first-order valence-corrected chi connectivity index (χ1v) is 12.3. The van der Waals surface area contributed by atoms with E-state index in [-0.39, 0.29) is 29.6 Å². The van der Waals surface area contributed by atoms with Gasteiger partial charge in [-0.25, -0.2) is 4.98 Å². The smallest absolute Gasteiger partial charge is 0.267 e. The van der Waals surface area contributed by atoms with Gasteiger partial charge >= 0.3 is 0 Å². The zero-order valence-electron chi connectivity index (χ0n) is 19.2. The molecule has 0 radical (unpaired) electrons. The Morgan fingerprint density at radius 1 is 1.21 bits per heavy atom. The van der Waals surface area contributed by atoms with E-state index in [4.69, 9.17) is 12.2 Å². The molecule has 2 atom stereocenters. The number of pyridine rings is 1. The molecule has 1 saturated heterocycles. The number of hydrogen-bond acceptors (Lipinski definition) is 7. The molecule has 3 aromatic rings. The standard InChI is InChI=1S/C25H26N4O3S2/c1-4-16(3)29-24(32)20(34-25(29)33)13-18-21(26-14-19(30)17-10-6-5-7-11-17)27-22-15(2)9-8-12-28(22)23(18)31/h5-13,16,19,26,30H,4,14H2,1-3H3/b20-13-/t16-,19+/m0/s1. The molecule has 34 heavy (non-hydrogen) atoms. The van der Waals surface area contributed by atoms with Crippen molar-refractivity contribution in [2.45, 2.75) is 39.3 Å². The number of thioether (sulfide) groups is 1. The number of fused-ring (bicyclic) bond motifs is 1. The number of hydrogen-bond donors (Lipinski definition) is 2. The molecular formula is C25H26N4O3S2. The van der Waals surface area contributed by atoms with Gasteiger partial charge in [-0.15, -0.1) is 0 Å². The predicted octanol–water partition coefficient (Wildman–Crippen LogP) is 4.15. The summed E-state index contributed by atoms with van der Waals surface area (Å²) < 4.78 is 1.94. The Labute approximate surface area is 207 Å². The van der Waals surface area contributed by atoms with E-state index in [2.05, 4.69) is 10.3 Å². The number of thiocarbonyl (C=S) groups is 1. The van der Waals surface area contributed by atoms with Crippen molar-refractivity contribution in [3.8, 4) is 0 Å². The number of carbonyl (C=O) groups is 1. The van der Waals surface area contributed by atoms with Crippen molar-refractivity contribution >= 4 is 51.7 Å². The van der Waals surface area contributed by atoms with Crippen molar-refractivity contribution in [1.29, 1.82) is 0 Å². The van der Waals surface area contributed by atoms with Crippen LogP contribution in [-0.4, -0.2) is 42.2 Å². The van der Waals surface area contributed by atoms with Gasteiger partial charge in [0.2, 0.25) is 0 Å². The molecule has 4 rings (SSSR count). The predicted molar refractivity (Wildman–Crippen MR) is 141 cm³/mol. The largest absolute Gasteiger partial charge is 0.387 e. The highest BCUT2D eigenvalue weighted by Gasteiger charge is 2.35. The van der Waals surface area contributed by atoms with Gasteiger partial charge in [-0.2, -0.15) is 0 Å². The van der Waals surface area contributed by atoms with Crippen LogP contribution in [0.2, 0.25) is 0 Å². The Morgan fingerprint density at radius 2 is 1.94 bits per heavy atom. The molecule has 176 valence electrons. The molecule has 1 aliphatic heterocycles. The van der Waals surface area contributed by atoms with Gasteiger partial charge in [0.05, 0.1) is 16.6 Å². The molecule has 0 saturated carbocycles. The summed E-state index contributed by atoms with van der Waals surface area (Å²) in [6.07, 6.45) is 3.18. The average Bonchev–Trinajstić information content (AvgIpc) is 3.12. The summed E-state index contributed by atoms with van der Waals surface area (Å²) >= 11 is 6.62. The third-order valence-corrected chi connectivity index (χ3v) is 7.19. The molecule has 2 aromatic heterocycles. The quantitative estimate of drug-likeness (QED) is 0.377. The van der Waals surface area contributed by atoms with Gasteiger partial charge in [0, 0.05) is 18.8 Å². The summed E-state index contributed by atoms with van der Waals surface area (Å²) in [5, 5.41) is 13.8. The first-order valence-electron chi connectivity index (χ1n) is 11.1. The summed E-state index contributed by atoms with van der Waals surface area (Å²) in [6, 6.07) is 12.9. The van der Waals surface area contributed by atoms with E-state index >= 15 is 0 Å². The van der Waals surface area contributed by atoms with Crippen molar-refractivity contribution in [2.24, 2.45) is 0 Å². The summed E-state index contributed by atoms with van der Waals surface area (Å²) in [5.41, 5.74) is 2.03. The van der Waals surface area contributed by atoms with E-state index in [0.717, 1.165) is 17.5 Å². The summed E-state index contributed by atoms with van der Waals surface area (Å²) in [5.74, 6) is 0.0939. The molecule has 0 bridgehead atoms. The summed E-state index contributed by atoms with van der Waals surface area (Å²) in [6.45, 7) is 5.96. The zero-order chi connectivity index (χ0) is 24.4. The van der Waals surface area contributed by atoms with E-state index < -0.39 is 6.10 Å². The molecule has 1 aliphatic rings. The van der Waals surface area contributed by atoms with Crippen LogP contribution in [0.4, 0.5) is 5.82 Å². The number of aliphatic hydroxyl groups excluding tert-OH is 1. The van der Waals surface area contributed by atoms with E-state index in [1.165, 1.54) is 16.2 Å². The molecular weight excluding hydrogens is 468 g/mol. The fraction of sp³-hybridized carbons (Fsp3) is 0.280. The fourth-order valence-electron chi connectivity index (χ4n) is 3.74. The van der Waals surface area contributed by atoms with E-state index in [1.54, 1.807) is 23.2 Å². The summed E-state index contributed by atoms with van der Waals surface area (Å²) in [4.78, 5) is 33.2. The summed E-state index contributed by atoms with van der Waals surface area (Å²) in [7, 11) is 0. The maximum absolute atomic E-state index is 13.5. The van der Waals surface area contributed by atoms with Gasteiger partial charge in [0.15, 0.2) is 0 Å². The number of nitrogens with zero attached hydrogens (tertiary/aromatic N) is 3. The maximum atomic E-state index is 13.5. The number of carbonyl (C=O) groups excluding carboxylic acids is 1. The Morgan fingerprint density at radius 3 is 2.65 bits per heavy atom. The Kier molecular flexibility index (Phi) is 7.16. The van der Waals surface area contributed by atoms with Crippen molar-refractivity contribution in [1.82, 2.24) is 14.3 Å². The van der Waals surface area contributed by atoms with Crippen LogP contribution < -0.4 is 10.9 Å². The highest BCUT2D eigenvalue weighted by molar-refractivity contribution is 8.26. The third-order valence-electron chi connectivity index (χ3n) is 5.86. The number of aryl methyl sites for hydroxylation is 1. The molecule has 0 aliphatic carbocycles. The highest BCUT2D eigenvalue weighted by Crippen LogP contribution is 2.35. The molecule has 1 aromatic carbocycles. The number of aromatic nitrogens is 2. The van der Waals surface area contributed by atoms with Crippen LogP contribution in [0.3, 0.4) is 0 Å². The molecule has 0 spiro atoms. The van der Waals surface area contributed by atoms with Gasteiger partial charge in [-0.1, -0.05) is 67.3 Å². The molecule has 9 heteroatoms. The fourth-order valence-corrected chi connectivity index (χ4v) is 5.18. The normalized spacial score (nSPS) is 16.9. The lowest BCUT2D eigenvalue weighted by Crippen LogP contribution is -2.36. The van der Waals surface area contributed by atoms with E-state index in [0.29, 0.717) is 20.7 Å². The van der Waals surface area contributed by atoms with Crippen LogP contribution >= 0.6 is 24.0 Å². The number of benzene rings is 1. The van der Waals surface area contributed by atoms with Crippen LogP contribution in [0.1, 0.15) is 43.1 Å². The minimum Gasteiger partial charge on any atom is -0.387 e. The third kappa shape index (κ3) is 4.64. The van der Waals surface area contributed by atoms with E-state index in [9.17, 15) is 14.7 Å². The molecule has 7 nitrogen and oxygen atoms in total. The van der Waals surface area contributed by atoms with Gasteiger partial charge in [-0.05, 0) is 43.5 Å². The Balaban J connectivity index is 1.77. The van der Waals surface area contributed by atoms with Gasteiger partial charge < -0.3 is 10.4 Å². The van der Waals surface area contributed by atoms with Gasteiger partial charge in [0.25, 0.3) is 11.5 Å². The minimum absolute atomic E-state index is 0.0320. The number of aliphatic hydroxyl groups is 1. The number of rotatable bonds is 7. The van der Waals surface area contributed by atoms with Crippen LogP contribution in [0.25, 0.3) is 11.7 Å². The number of nitrogens with one attached hydrogen (secondary N) is 1. The van der Waals surface area contributed by atoms with Crippen LogP contribution in [-0.2, 0) is 4.79 Å². The zero-order valence-corrected chi connectivity index (χ0v) is 20.8. The monoisotopic (exact) mass is 494 g/mol. The van der Waals surface area contributed by atoms with Crippen molar-refractivity contribution in [3.63, 3.8) is 0 Å². The van der Waals surface area contributed by atoms with Crippen molar-refractivity contribution in [2.75, 3.05) is 11.9 Å². The Bertz CT molecular complexity index is 1340. The minimum atomic E-state index is -0.796. The molecule has 1 amide bonds. The van der Waals surface area contributed by atoms with Crippen molar-refractivity contribution in [3.05, 3.63) is 80.6 Å². The topological polar surface area (TPSA) is 86.9 Å². The average molecular weight is 495 g/mol. The second-order valence-corrected chi connectivity index (χ2v) is 9.86. The van der Waals surface area contributed by atoms with Crippen LogP contribution in [0.15, 0.2) is 58.4 Å². The maximum Gasteiger partial charge on any atom is 0.267 e.